The Morgan fingerprint density at radius 2 is 2.21 bits per heavy atom. The van der Waals surface area contributed by atoms with Crippen LogP contribution in [0, 0.1) is 5.92 Å². The Hall–Kier alpha value is -0.870. The van der Waals surface area contributed by atoms with E-state index in [0.29, 0.717) is 12.5 Å². The van der Waals surface area contributed by atoms with Gasteiger partial charge >= 0.3 is 0 Å². The monoisotopic (exact) mass is 280 g/mol. The van der Waals surface area contributed by atoms with Gasteiger partial charge in [-0.05, 0) is 30.2 Å². The summed E-state index contributed by atoms with van der Waals surface area (Å²) in [7, 11) is 0. The van der Waals surface area contributed by atoms with E-state index in [1.807, 2.05) is 6.07 Å². The summed E-state index contributed by atoms with van der Waals surface area (Å²) in [5, 5.41) is 5.01. The number of hydrogen-bond acceptors (Lipinski definition) is 3. The smallest absolute Gasteiger partial charge is 0.236 e. The standard InChI is InChI=1S/C15H24N2OS/c16-14(11-12-5-2-1-3-6-12)15(18)17-9-8-13-7-4-10-19-13/h4,7,10,12,14H,1-3,5-6,8-9,11,16H2,(H,17,18). The van der Waals surface area contributed by atoms with E-state index in [1.54, 1.807) is 11.3 Å². The summed E-state index contributed by atoms with van der Waals surface area (Å²) in [6.45, 7) is 0.692. The predicted molar refractivity (Wildman–Crippen MR) is 80.2 cm³/mol. The van der Waals surface area contributed by atoms with Crippen LogP contribution in [0.4, 0.5) is 0 Å². The molecule has 1 unspecified atom stereocenters. The van der Waals surface area contributed by atoms with E-state index in [2.05, 4.69) is 16.8 Å². The molecule has 1 atom stereocenters. The van der Waals surface area contributed by atoms with E-state index in [9.17, 15) is 4.79 Å². The minimum Gasteiger partial charge on any atom is -0.354 e. The third-order valence-electron chi connectivity index (χ3n) is 3.90. The van der Waals surface area contributed by atoms with Crippen LogP contribution < -0.4 is 11.1 Å². The number of thiophene rings is 1. The van der Waals surface area contributed by atoms with Crippen molar-refractivity contribution in [1.29, 1.82) is 0 Å². The van der Waals surface area contributed by atoms with Gasteiger partial charge in [0.15, 0.2) is 0 Å². The normalized spacial score (nSPS) is 18.2. The molecule has 0 bridgehead atoms. The van der Waals surface area contributed by atoms with Crippen molar-refractivity contribution in [2.75, 3.05) is 6.54 Å². The van der Waals surface area contributed by atoms with Crippen molar-refractivity contribution in [2.45, 2.75) is 51.0 Å². The lowest BCUT2D eigenvalue weighted by atomic mass is 9.85. The van der Waals surface area contributed by atoms with Gasteiger partial charge in [0.2, 0.25) is 5.91 Å². The van der Waals surface area contributed by atoms with Gasteiger partial charge in [-0.1, -0.05) is 38.2 Å². The molecule has 0 spiro atoms. The fourth-order valence-electron chi connectivity index (χ4n) is 2.78. The number of carbonyl (C=O) groups is 1. The zero-order valence-electron chi connectivity index (χ0n) is 11.4. The minimum absolute atomic E-state index is 0.0159. The molecule has 0 aromatic carbocycles. The van der Waals surface area contributed by atoms with Crippen molar-refractivity contribution in [3.05, 3.63) is 22.4 Å². The average molecular weight is 280 g/mol. The molecule has 0 saturated heterocycles. The molecule has 2 rings (SSSR count). The van der Waals surface area contributed by atoms with Crippen LogP contribution in [-0.2, 0) is 11.2 Å². The Morgan fingerprint density at radius 1 is 1.42 bits per heavy atom. The maximum Gasteiger partial charge on any atom is 0.236 e. The number of nitrogens with one attached hydrogen (secondary N) is 1. The van der Waals surface area contributed by atoms with Crippen molar-refractivity contribution in [1.82, 2.24) is 5.32 Å². The minimum atomic E-state index is -0.327. The van der Waals surface area contributed by atoms with Gasteiger partial charge in [0, 0.05) is 11.4 Å². The molecule has 0 aliphatic heterocycles. The molecule has 106 valence electrons. The molecule has 1 fully saturated rings. The second-order valence-electron chi connectivity index (χ2n) is 5.47. The van der Waals surface area contributed by atoms with Crippen LogP contribution in [0.1, 0.15) is 43.4 Å². The second kappa shape index (κ2) is 7.65. The molecule has 1 saturated carbocycles. The summed E-state index contributed by atoms with van der Waals surface area (Å²) >= 11 is 1.73. The van der Waals surface area contributed by atoms with E-state index in [1.165, 1.54) is 37.0 Å². The topological polar surface area (TPSA) is 55.1 Å². The van der Waals surface area contributed by atoms with Gasteiger partial charge < -0.3 is 11.1 Å². The molecule has 1 aromatic rings. The first-order chi connectivity index (χ1) is 9.25. The van der Waals surface area contributed by atoms with Crippen molar-refractivity contribution in [3.63, 3.8) is 0 Å². The number of hydrogen-bond donors (Lipinski definition) is 2. The summed E-state index contributed by atoms with van der Waals surface area (Å²) in [4.78, 5) is 13.2. The highest BCUT2D eigenvalue weighted by atomic mass is 32.1. The zero-order chi connectivity index (χ0) is 13.5. The van der Waals surface area contributed by atoms with E-state index >= 15 is 0 Å². The van der Waals surface area contributed by atoms with Gasteiger partial charge in [0.05, 0.1) is 6.04 Å². The third-order valence-corrected chi connectivity index (χ3v) is 4.84. The van der Waals surface area contributed by atoms with Crippen LogP contribution in [0.2, 0.25) is 0 Å². The van der Waals surface area contributed by atoms with Gasteiger partial charge in [-0.15, -0.1) is 11.3 Å². The lowest BCUT2D eigenvalue weighted by Gasteiger charge is -2.24. The van der Waals surface area contributed by atoms with Gasteiger partial charge in [-0.25, -0.2) is 0 Å². The Balaban J connectivity index is 1.64. The molecule has 1 amide bonds. The molecular weight excluding hydrogens is 256 g/mol. The first-order valence-electron chi connectivity index (χ1n) is 7.31. The maximum absolute atomic E-state index is 11.9. The molecule has 1 aliphatic carbocycles. The molecular formula is C15H24N2OS. The summed E-state index contributed by atoms with van der Waals surface area (Å²) < 4.78 is 0. The van der Waals surface area contributed by atoms with Crippen molar-refractivity contribution in [3.8, 4) is 0 Å². The lowest BCUT2D eigenvalue weighted by molar-refractivity contribution is -0.122. The largest absolute Gasteiger partial charge is 0.354 e. The quantitative estimate of drug-likeness (QED) is 0.842. The zero-order valence-corrected chi connectivity index (χ0v) is 12.3. The Bertz CT molecular complexity index is 372. The fraction of sp³-hybridized carbons (Fsp3) is 0.667. The number of nitrogens with two attached hydrogens (primary N) is 1. The maximum atomic E-state index is 11.9. The first-order valence-corrected chi connectivity index (χ1v) is 8.19. The summed E-state index contributed by atoms with van der Waals surface area (Å²) in [5.41, 5.74) is 6.00. The first kappa shape index (κ1) is 14.5. The molecule has 1 aromatic heterocycles. The highest BCUT2D eigenvalue weighted by Gasteiger charge is 2.20. The van der Waals surface area contributed by atoms with Crippen molar-refractivity contribution in [2.24, 2.45) is 11.7 Å². The lowest BCUT2D eigenvalue weighted by Crippen LogP contribution is -2.42. The molecule has 1 heterocycles. The number of rotatable bonds is 6. The Kier molecular flexibility index (Phi) is 5.86. The van der Waals surface area contributed by atoms with Crippen LogP contribution in [0.5, 0.6) is 0 Å². The van der Waals surface area contributed by atoms with E-state index < -0.39 is 0 Å². The van der Waals surface area contributed by atoms with Crippen molar-refractivity contribution < 1.29 is 4.79 Å². The fourth-order valence-corrected chi connectivity index (χ4v) is 3.49. The van der Waals surface area contributed by atoms with Crippen molar-refractivity contribution >= 4 is 17.2 Å². The van der Waals surface area contributed by atoms with E-state index in [0.717, 1.165) is 12.8 Å². The van der Waals surface area contributed by atoms with Crippen LogP contribution in [0.15, 0.2) is 17.5 Å². The van der Waals surface area contributed by atoms with Gasteiger partial charge in [-0.3, -0.25) is 4.79 Å². The van der Waals surface area contributed by atoms with Gasteiger partial charge in [-0.2, -0.15) is 0 Å². The van der Waals surface area contributed by atoms with E-state index in [4.69, 9.17) is 5.73 Å². The summed E-state index contributed by atoms with van der Waals surface area (Å²) in [5.74, 6) is 0.675. The third kappa shape index (κ3) is 4.96. The van der Waals surface area contributed by atoms with Crippen LogP contribution in [0.25, 0.3) is 0 Å². The van der Waals surface area contributed by atoms with Crippen LogP contribution in [-0.4, -0.2) is 18.5 Å². The van der Waals surface area contributed by atoms with Crippen LogP contribution >= 0.6 is 11.3 Å². The Morgan fingerprint density at radius 3 is 2.89 bits per heavy atom. The van der Waals surface area contributed by atoms with E-state index in [-0.39, 0.29) is 11.9 Å². The second-order valence-corrected chi connectivity index (χ2v) is 6.50. The molecule has 3 N–H and O–H groups in total. The summed E-state index contributed by atoms with van der Waals surface area (Å²) in [6.07, 6.45) is 8.20. The SMILES string of the molecule is NC(CC1CCCCC1)C(=O)NCCc1cccs1. The number of amides is 1. The molecule has 4 heteroatoms. The molecule has 19 heavy (non-hydrogen) atoms. The average Bonchev–Trinajstić information content (AvgIpc) is 2.93. The number of carbonyl (C=O) groups excluding carboxylic acids is 1. The molecule has 1 aliphatic rings. The molecule has 3 nitrogen and oxygen atoms in total. The highest BCUT2D eigenvalue weighted by Crippen LogP contribution is 2.26. The molecule has 0 radical (unpaired) electrons. The highest BCUT2D eigenvalue weighted by molar-refractivity contribution is 7.09. The predicted octanol–water partition coefficient (Wildman–Crippen LogP) is 2.70. The van der Waals surface area contributed by atoms with Gasteiger partial charge in [0.25, 0.3) is 0 Å². The summed E-state index contributed by atoms with van der Waals surface area (Å²) in [6, 6.07) is 3.81. The van der Waals surface area contributed by atoms with Crippen LogP contribution in [0.3, 0.4) is 0 Å². The Labute approximate surface area is 119 Å². The van der Waals surface area contributed by atoms with Gasteiger partial charge in [0.1, 0.15) is 0 Å².